The fourth-order valence-corrected chi connectivity index (χ4v) is 3.89. The standard InChI is InChI=1S/C11H24N2O3S/c1-8(16-2)11(13-12)9-5-4-6-10(7-9)17(3,14)15/h8-11,13H,4-7,12H2,1-3H3. The van der Waals surface area contributed by atoms with Gasteiger partial charge in [0.2, 0.25) is 0 Å². The maximum atomic E-state index is 11.6. The molecule has 1 fully saturated rings. The van der Waals surface area contributed by atoms with Crippen molar-refractivity contribution in [1.82, 2.24) is 5.43 Å². The van der Waals surface area contributed by atoms with Gasteiger partial charge in [0.05, 0.1) is 11.4 Å². The van der Waals surface area contributed by atoms with Crippen molar-refractivity contribution < 1.29 is 13.2 Å². The predicted octanol–water partition coefficient (Wildman–Crippen LogP) is 0.457. The second-order valence-corrected chi connectivity index (χ2v) is 7.34. The van der Waals surface area contributed by atoms with Crippen LogP contribution in [0.5, 0.6) is 0 Å². The van der Waals surface area contributed by atoms with E-state index in [1.807, 2.05) is 6.92 Å². The number of methoxy groups -OCH3 is 1. The zero-order valence-electron chi connectivity index (χ0n) is 10.8. The first-order valence-electron chi connectivity index (χ1n) is 6.08. The molecular weight excluding hydrogens is 240 g/mol. The lowest BCUT2D eigenvalue weighted by Gasteiger charge is -2.35. The molecular formula is C11H24N2O3S. The Balaban J connectivity index is 2.71. The average molecular weight is 264 g/mol. The fourth-order valence-electron chi connectivity index (χ4n) is 2.70. The summed E-state index contributed by atoms with van der Waals surface area (Å²) in [6, 6.07) is 0.0181. The molecule has 0 heterocycles. The summed E-state index contributed by atoms with van der Waals surface area (Å²) in [4.78, 5) is 0. The summed E-state index contributed by atoms with van der Waals surface area (Å²) in [6.07, 6.45) is 4.72. The van der Waals surface area contributed by atoms with Crippen LogP contribution in [0.25, 0.3) is 0 Å². The van der Waals surface area contributed by atoms with E-state index in [1.165, 1.54) is 6.26 Å². The Morgan fingerprint density at radius 3 is 2.53 bits per heavy atom. The number of ether oxygens (including phenoxy) is 1. The summed E-state index contributed by atoms with van der Waals surface area (Å²) in [5.41, 5.74) is 2.77. The molecule has 0 spiro atoms. The zero-order valence-corrected chi connectivity index (χ0v) is 11.7. The highest BCUT2D eigenvalue weighted by Gasteiger charge is 2.34. The van der Waals surface area contributed by atoms with Crippen molar-refractivity contribution in [2.75, 3.05) is 13.4 Å². The Bertz CT molecular complexity index is 332. The van der Waals surface area contributed by atoms with E-state index >= 15 is 0 Å². The molecule has 1 aliphatic rings. The fraction of sp³-hybridized carbons (Fsp3) is 1.00. The van der Waals surface area contributed by atoms with Crippen LogP contribution in [0.15, 0.2) is 0 Å². The maximum Gasteiger partial charge on any atom is 0.150 e. The van der Waals surface area contributed by atoms with Crippen molar-refractivity contribution >= 4 is 9.84 Å². The number of hydrogen-bond acceptors (Lipinski definition) is 5. The Labute approximate surface area is 104 Å². The first kappa shape index (κ1) is 14.9. The van der Waals surface area contributed by atoms with Gasteiger partial charge in [0, 0.05) is 19.4 Å². The average Bonchev–Trinajstić information content (AvgIpc) is 2.29. The van der Waals surface area contributed by atoms with Gasteiger partial charge in [-0.15, -0.1) is 0 Å². The summed E-state index contributed by atoms with van der Waals surface area (Å²) < 4.78 is 28.5. The number of sulfone groups is 1. The largest absolute Gasteiger partial charge is 0.380 e. The van der Waals surface area contributed by atoms with Gasteiger partial charge in [-0.05, 0) is 32.1 Å². The summed E-state index contributed by atoms with van der Waals surface area (Å²) in [6.45, 7) is 1.95. The summed E-state index contributed by atoms with van der Waals surface area (Å²) >= 11 is 0. The first-order valence-corrected chi connectivity index (χ1v) is 8.03. The third-order valence-corrected chi connectivity index (χ3v) is 5.49. The van der Waals surface area contributed by atoms with E-state index in [2.05, 4.69) is 5.43 Å². The summed E-state index contributed by atoms with van der Waals surface area (Å²) in [7, 11) is -1.30. The van der Waals surface area contributed by atoms with E-state index in [9.17, 15) is 8.42 Å². The van der Waals surface area contributed by atoms with E-state index in [0.717, 1.165) is 19.3 Å². The van der Waals surface area contributed by atoms with E-state index in [1.54, 1.807) is 7.11 Å². The van der Waals surface area contributed by atoms with Gasteiger partial charge in [-0.25, -0.2) is 8.42 Å². The normalized spacial score (nSPS) is 29.9. The molecule has 1 aliphatic carbocycles. The summed E-state index contributed by atoms with van der Waals surface area (Å²) in [5.74, 6) is 5.82. The van der Waals surface area contributed by atoms with Gasteiger partial charge in [-0.1, -0.05) is 6.42 Å². The maximum absolute atomic E-state index is 11.6. The van der Waals surface area contributed by atoms with Crippen LogP contribution in [0.3, 0.4) is 0 Å². The first-order chi connectivity index (χ1) is 7.90. The monoisotopic (exact) mass is 264 g/mol. The van der Waals surface area contributed by atoms with Crippen LogP contribution in [-0.2, 0) is 14.6 Å². The molecule has 0 radical (unpaired) electrons. The van der Waals surface area contributed by atoms with E-state index in [0.29, 0.717) is 6.42 Å². The molecule has 0 aromatic rings. The Hall–Kier alpha value is -0.170. The molecule has 4 unspecified atom stereocenters. The van der Waals surface area contributed by atoms with E-state index in [4.69, 9.17) is 10.6 Å². The summed E-state index contributed by atoms with van der Waals surface area (Å²) in [5, 5.41) is -0.221. The molecule has 0 bridgehead atoms. The zero-order chi connectivity index (χ0) is 13.1. The smallest absolute Gasteiger partial charge is 0.150 e. The van der Waals surface area contributed by atoms with Gasteiger partial charge in [-0.2, -0.15) is 0 Å². The Kier molecular flexibility index (Phi) is 5.37. The molecule has 1 saturated carbocycles. The number of hydrogen-bond donors (Lipinski definition) is 2. The highest BCUT2D eigenvalue weighted by Crippen LogP contribution is 2.31. The van der Waals surface area contributed by atoms with Gasteiger partial charge in [0.15, 0.2) is 0 Å². The molecule has 0 amide bonds. The molecule has 1 rings (SSSR count). The van der Waals surface area contributed by atoms with Crippen LogP contribution >= 0.6 is 0 Å². The number of nitrogens with one attached hydrogen (secondary N) is 1. The highest BCUT2D eigenvalue weighted by atomic mass is 32.2. The van der Waals surface area contributed by atoms with Crippen molar-refractivity contribution in [1.29, 1.82) is 0 Å². The molecule has 17 heavy (non-hydrogen) atoms. The lowest BCUT2D eigenvalue weighted by atomic mass is 9.82. The van der Waals surface area contributed by atoms with Crippen LogP contribution in [0.1, 0.15) is 32.6 Å². The molecule has 102 valence electrons. The minimum absolute atomic E-state index is 0.0108. The molecule has 3 N–H and O–H groups in total. The minimum atomic E-state index is -2.94. The second kappa shape index (κ2) is 6.13. The van der Waals surface area contributed by atoms with Crippen LogP contribution in [0, 0.1) is 5.92 Å². The molecule has 6 heteroatoms. The third kappa shape index (κ3) is 3.91. The van der Waals surface area contributed by atoms with Crippen LogP contribution in [0.2, 0.25) is 0 Å². The van der Waals surface area contributed by atoms with Crippen molar-refractivity contribution in [3.63, 3.8) is 0 Å². The van der Waals surface area contributed by atoms with Crippen molar-refractivity contribution in [2.24, 2.45) is 11.8 Å². The highest BCUT2D eigenvalue weighted by molar-refractivity contribution is 7.91. The molecule has 4 atom stereocenters. The lowest BCUT2D eigenvalue weighted by molar-refractivity contribution is 0.0527. The molecule has 5 nitrogen and oxygen atoms in total. The minimum Gasteiger partial charge on any atom is -0.380 e. The third-order valence-electron chi connectivity index (χ3n) is 3.85. The second-order valence-electron chi connectivity index (χ2n) is 5.01. The Morgan fingerprint density at radius 2 is 2.06 bits per heavy atom. The lowest BCUT2D eigenvalue weighted by Crippen LogP contribution is -2.50. The van der Waals surface area contributed by atoms with Gasteiger partial charge in [0.1, 0.15) is 9.84 Å². The van der Waals surface area contributed by atoms with Crippen LogP contribution in [0.4, 0.5) is 0 Å². The van der Waals surface area contributed by atoms with Crippen LogP contribution < -0.4 is 11.3 Å². The van der Waals surface area contributed by atoms with Gasteiger partial charge in [0.25, 0.3) is 0 Å². The van der Waals surface area contributed by atoms with Gasteiger partial charge in [-0.3, -0.25) is 11.3 Å². The van der Waals surface area contributed by atoms with E-state index in [-0.39, 0.29) is 23.3 Å². The molecule has 0 aromatic carbocycles. The van der Waals surface area contributed by atoms with Gasteiger partial charge >= 0.3 is 0 Å². The number of rotatable bonds is 5. The predicted molar refractivity (Wildman–Crippen MR) is 68.2 cm³/mol. The molecule has 0 aromatic heterocycles. The van der Waals surface area contributed by atoms with Crippen LogP contribution in [-0.4, -0.2) is 39.2 Å². The van der Waals surface area contributed by atoms with Crippen molar-refractivity contribution in [3.05, 3.63) is 0 Å². The SMILES string of the molecule is COC(C)C(NN)C1CCCC(S(C)(=O)=O)C1. The van der Waals surface area contributed by atoms with Crippen molar-refractivity contribution in [3.8, 4) is 0 Å². The Morgan fingerprint density at radius 1 is 1.41 bits per heavy atom. The quantitative estimate of drug-likeness (QED) is 0.557. The topological polar surface area (TPSA) is 81.4 Å². The molecule has 0 saturated heterocycles. The number of nitrogens with two attached hydrogens (primary N) is 1. The van der Waals surface area contributed by atoms with Gasteiger partial charge < -0.3 is 4.74 Å². The van der Waals surface area contributed by atoms with Crippen molar-refractivity contribution in [2.45, 2.75) is 50.0 Å². The number of hydrazine groups is 1. The molecule has 0 aliphatic heterocycles. The van der Waals surface area contributed by atoms with E-state index < -0.39 is 9.84 Å².